The van der Waals surface area contributed by atoms with Crippen molar-refractivity contribution in [1.82, 2.24) is 9.97 Å². The molecule has 5 rings (SSSR count). The second-order valence-corrected chi connectivity index (χ2v) is 8.69. The third-order valence-electron chi connectivity index (χ3n) is 5.50. The third kappa shape index (κ3) is 4.80. The number of methoxy groups -OCH3 is 1. The summed E-state index contributed by atoms with van der Waals surface area (Å²) in [6.45, 7) is 3.37. The lowest BCUT2D eigenvalue weighted by Crippen LogP contribution is -2.36. The Hall–Kier alpha value is -3.69. The number of fused-ring (bicyclic) bond motifs is 1. The first-order valence-electron chi connectivity index (χ1n) is 11.0. The van der Waals surface area contributed by atoms with E-state index in [2.05, 4.69) is 20.2 Å². The fraction of sp³-hybridized carbons (Fsp3) is 0.240. The van der Waals surface area contributed by atoms with Gasteiger partial charge >= 0.3 is 0 Å². The molecule has 0 atom stereocenters. The zero-order valence-corrected chi connectivity index (χ0v) is 19.5. The highest BCUT2D eigenvalue weighted by molar-refractivity contribution is 7.23. The number of rotatable bonds is 7. The van der Waals surface area contributed by atoms with Crippen molar-refractivity contribution in [3.8, 4) is 11.6 Å². The summed E-state index contributed by atoms with van der Waals surface area (Å²) in [7, 11) is 1.62. The van der Waals surface area contributed by atoms with E-state index in [4.69, 9.17) is 14.2 Å². The second-order valence-electron chi connectivity index (χ2n) is 7.69. The molecule has 34 heavy (non-hydrogen) atoms. The Labute approximate surface area is 201 Å². The highest BCUT2D eigenvalue weighted by atomic mass is 32.1. The standard InChI is InChI=1S/C25H24N4O4S/c1-31-20-8-7-19(29-11-13-32-14-12-29)23-22(20)27-25(34-23)28-24(30)18-9-10-26-21(15-18)33-16-17-5-3-2-4-6-17/h2-10,15H,11-14,16H2,1H3,(H,27,28,30). The molecule has 2 aromatic carbocycles. The Morgan fingerprint density at radius 2 is 1.97 bits per heavy atom. The van der Waals surface area contributed by atoms with E-state index in [-0.39, 0.29) is 5.91 Å². The van der Waals surface area contributed by atoms with Gasteiger partial charge in [0.05, 0.1) is 30.7 Å². The molecule has 1 amide bonds. The van der Waals surface area contributed by atoms with Crippen LogP contribution in [0.3, 0.4) is 0 Å². The van der Waals surface area contributed by atoms with E-state index in [0.717, 1.165) is 34.6 Å². The largest absolute Gasteiger partial charge is 0.494 e. The van der Waals surface area contributed by atoms with Gasteiger partial charge < -0.3 is 19.1 Å². The summed E-state index contributed by atoms with van der Waals surface area (Å²) < 4.78 is 17.7. The highest BCUT2D eigenvalue weighted by Gasteiger charge is 2.20. The Balaban J connectivity index is 1.35. The lowest BCUT2D eigenvalue weighted by atomic mass is 10.2. The van der Waals surface area contributed by atoms with Crippen molar-refractivity contribution in [2.45, 2.75) is 6.61 Å². The van der Waals surface area contributed by atoms with Crippen molar-refractivity contribution in [3.05, 3.63) is 71.9 Å². The smallest absolute Gasteiger partial charge is 0.257 e. The third-order valence-corrected chi connectivity index (χ3v) is 6.50. The number of anilines is 2. The van der Waals surface area contributed by atoms with Gasteiger partial charge in [-0.05, 0) is 23.8 Å². The summed E-state index contributed by atoms with van der Waals surface area (Å²) in [5.74, 6) is 0.777. The van der Waals surface area contributed by atoms with Crippen LogP contribution in [0.15, 0.2) is 60.8 Å². The number of hydrogen-bond donors (Lipinski definition) is 1. The van der Waals surface area contributed by atoms with Gasteiger partial charge in [0.1, 0.15) is 17.9 Å². The number of aromatic nitrogens is 2. The van der Waals surface area contributed by atoms with Gasteiger partial charge in [-0.3, -0.25) is 10.1 Å². The minimum Gasteiger partial charge on any atom is -0.494 e. The van der Waals surface area contributed by atoms with Gasteiger partial charge in [-0.2, -0.15) is 0 Å². The van der Waals surface area contributed by atoms with Crippen molar-refractivity contribution >= 4 is 38.3 Å². The number of amides is 1. The minimum absolute atomic E-state index is 0.280. The molecule has 3 heterocycles. The van der Waals surface area contributed by atoms with Crippen LogP contribution in [0.5, 0.6) is 11.6 Å². The van der Waals surface area contributed by atoms with Crippen LogP contribution < -0.4 is 19.7 Å². The molecule has 8 nitrogen and oxygen atoms in total. The number of nitrogens with one attached hydrogen (secondary N) is 1. The average Bonchev–Trinajstić information content (AvgIpc) is 3.31. The highest BCUT2D eigenvalue weighted by Crippen LogP contribution is 2.39. The van der Waals surface area contributed by atoms with Gasteiger partial charge in [-0.25, -0.2) is 9.97 Å². The quantitative estimate of drug-likeness (QED) is 0.424. The number of carbonyl (C=O) groups is 1. The average molecular weight is 477 g/mol. The molecule has 0 radical (unpaired) electrons. The molecule has 1 aliphatic heterocycles. The molecule has 174 valence electrons. The lowest BCUT2D eigenvalue weighted by Gasteiger charge is -2.29. The van der Waals surface area contributed by atoms with Gasteiger partial charge in [-0.1, -0.05) is 41.7 Å². The molecule has 1 saturated heterocycles. The van der Waals surface area contributed by atoms with Crippen LogP contribution in [-0.2, 0) is 11.3 Å². The van der Waals surface area contributed by atoms with Crippen LogP contribution in [0.1, 0.15) is 15.9 Å². The van der Waals surface area contributed by atoms with Gasteiger partial charge in [0.2, 0.25) is 5.88 Å². The fourth-order valence-corrected chi connectivity index (χ4v) is 4.79. The molecule has 0 saturated carbocycles. The number of nitrogens with zero attached hydrogens (tertiary/aromatic N) is 3. The number of thiazole rings is 1. The summed E-state index contributed by atoms with van der Waals surface area (Å²) in [4.78, 5) is 24.1. The van der Waals surface area contributed by atoms with Crippen molar-refractivity contribution in [2.24, 2.45) is 0 Å². The molecule has 0 aliphatic carbocycles. The number of pyridine rings is 1. The van der Waals surface area contributed by atoms with E-state index in [1.165, 1.54) is 11.3 Å². The molecule has 0 spiro atoms. The number of benzene rings is 2. The van der Waals surface area contributed by atoms with E-state index in [0.29, 0.717) is 42.1 Å². The molecular formula is C25H24N4O4S. The van der Waals surface area contributed by atoms with Crippen LogP contribution in [-0.4, -0.2) is 49.3 Å². The SMILES string of the molecule is COc1ccc(N2CCOCC2)c2sc(NC(=O)c3ccnc(OCc4ccccc4)c3)nc12. The van der Waals surface area contributed by atoms with E-state index in [1.54, 1.807) is 25.4 Å². The molecular weight excluding hydrogens is 452 g/mol. The van der Waals surface area contributed by atoms with E-state index >= 15 is 0 Å². The van der Waals surface area contributed by atoms with Crippen molar-refractivity contribution in [3.63, 3.8) is 0 Å². The maximum atomic E-state index is 13.0. The molecule has 1 aliphatic rings. The first-order chi connectivity index (χ1) is 16.7. The predicted molar refractivity (Wildman–Crippen MR) is 132 cm³/mol. The van der Waals surface area contributed by atoms with Gasteiger partial charge in [0.15, 0.2) is 5.13 Å². The Morgan fingerprint density at radius 3 is 2.76 bits per heavy atom. The Morgan fingerprint density at radius 1 is 1.15 bits per heavy atom. The normalized spacial score (nSPS) is 13.6. The first-order valence-corrected chi connectivity index (χ1v) is 11.8. The van der Waals surface area contributed by atoms with Crippen molar-refractivity contribution < 1.29 is 19.0 Å². The number of hydrogen-bond acceptors (Lipinski definition) is 8. The molecule has 2 aromatic heterocycles. The van der Waals surface area contributed by atoms with Crippen molar-refractivity contribution in [2.75, 3.05) is 43.6 Å². The summed E-state index contributed by atoms with van der Waals surface area (Å²) in [6.07, 6.45) is 1.56. The van der Waals surface area contributed by atoms with Gasteiger partial charge in [0, 0.05) is 30.9 Å². The number of ether oxygens (including phenoxy) is 3. The fourth-order valence-electron chi connectivity index (χ4n) is 3.77. The summed E-state index contributed by atoms with van der Waals surface area (Å²) in [6, 6.07) is 17.0. The molecule has 0 unspecified atom stereocenters. The predicted octanol–water partition coefficient (Wildman–Crippen LogP) is 4.37. The molecule has 1 N–H and O–H groups in total. The summed E-state index contributed by atoms with van der Waals surface area (Å²) >= 11 is 1.43. The summed E-state index contributed by atoms with van der Waals surface area (Å²) in [5.41, 5.74) is 3.27. The zero-order valence-electron chi connectivity index (χ0n) is 18.7. The molecule has 0 bridgehead atoms. The van der Waals surface area contributed by atoms with Crippen LogP contribution in [0.2, 0.25) is 0 Å². The van der Waals surface area contributed by atoms with Crippen LogP contribution in [0.4, 0.5) is 10.8 Å². The maximum absolute atomic E-state index is 13.0. The van der Waals surface area contributed by atoms with Crippen LogP contribution in [0, 0.1) is 0 Å². The lowest BCUT2D eigenvalue weighted by molar-refractivity contribution is 0.102. The first kappa shape index (κ1) is 22.1. The molecule has 1 fully saturated rings. The zero-order chi connectivity index (χ0) is 23.3. The van der Waals surface area contributed by atoms with Gasteiger partial charge in [-0.15, -0.1) is 0 Å². The topological polar surface area (TPSA) is 85.8 Å². The van der Waals surface area contributed by atoms with E-state index in [1.807, 2.05) is 42.5 Å². The van der Waals surface area contributed by atoms with Crippen molar-refractivity contribution in [1.29, 1.82) is 0 Å². The van der Waals surface area contributed by atoms with Gasteiger partial charge in [0.25, 0.3) is 5.91 Å². The number of morpholine rings is 1. The summed E-state index contributed by atoms with van der Waals surface area (Å²) in [5, 5.41) is 3.42. The molecule has 9 heteroatoms. The second kappa shape index (κ2) is 10.1. The molecule has 4 aromatic rings. The maximum Gasteiger partial charge on any atom is 0.257 e. The van der Waals surface area contributed by atoms with E-state index in [9.17, 15) is 4.79 Å². The number of carbonyl (C=O) groups excluding carboxylic acids is 1. The van der Waals surface area contributed by atoms with E-state index < -0.39 is 0 Å². The van der Waals surface area contributed by atoms with Crippen LogP contribution in [0.25, 0.3) is 10.2 Å². The van der Waals surface area contributed by atoms with Crippen LogP contribution >= 0.6 is 11.3 Å². The minimum atomic E-state index is -0.280. The Kier molecular flexibility index (Phi) is 6.55. The Bertz CT molecular complexity index is 1290. The monoisotopic (exact) mass is 476 g/mol.